The van der Waals surface area contributed by atoms with E-state index in [9.17, 15) is 16.8 Å². The quantitative estimate of drug-likeness (QED) is 0.453. The molecule has 4 N–H and O–H groups in total. The summed E-state index contributed by atoms with van der Waals surface area (Å²) in [6.45, 7) is -0.231. The van der Waals surface area contributed by atoms with Crippen LogP contribution in [0, 0.1) is 0 Å². The molecule has 0 radical (unpaired) electrons. The van der Waals surface area contributed by atoms with Gasteiger partial charge in [0.05, 0.1) is 5.75 Å². The van der Waals surface area contributed by atoms with Gasteiger partial charge in [-0.1, -0.05) is 6.07 Å². The van der Waals surface area contributed by atoms with Crippen molar-refractivity contribution in [3.8, 4) is 0 Å². The summed E-state index contributed by atoms with van der Waals surface area (Å²) in [7, 11) is -7.23. The normalized spacial score (nSPS) is 12.7. The Morgan fingerprint density at radius 1 is 1.29 bits per heavy atom. The third-order valence-corrected chi connectivity index (χ3v) is 5.07. The van der Waals surface area contributed by atoms with Crippen molar-refractivity contribution in [1.82, 2.24) is 14.1 Å². The van der Waals surface area contributed by atoms with Gasteiger partial charge in [-0.2, -0.15) is 0 Å². The number of nitrogens with two attached hydrogens (primary N) is 1. The maximum Gasteiger partial charge on any atom is 0.260 e. The fourth-order valence-electron chi connectivity index (χ4n) is 1.75. The number of nitrogen functional groups attached to an aromatic ring is 1. The molecule has 0 aliphatic rings. The van der Waals surface area contributed by atoms with Gasteiger partial charge < -0.3 is 5.43 Å². The van der Waals surface area contributed by atoms with Crippen LogP contribution in [-0.4, -0.2) is 44.8 Å². The monoisotopic (exact) mass is 333 g/mol. The minimum atomic E-state index is -3.97. The predicted molar refractivity (Wildman–Crippen MR) is 77.9 cm³/mol. The molecule has 0 aromatic carbocycles. The van der Waals surface area contributed by atoms with E-state index in [0.717, 1.165) is 6.26 Å². The van der Waals surface area contributed by atoms with Crippen LogP contribution >= 0.6 is 0 Å². The summed E-state index contributed by atoms with van der Waals surface area (Å²) >= 11 is 0. The molecule has 0 fully saturated rings. The fourth-order valence-corrected chi connectivity index (χ4v) is 3.64. The van der Waals surface area contributed by atoms with Crippen LogP contribution in [-0.2, 0) is 19.9 Å². The van der Waals surface area contributed by atoms with Crippen LogP contribution in [0.25, 0.3) is 5.65 Å². The maximum atomic E-state index is 12.3. The fraction of sp³-hybridized carbons (Fsp3) is 0.300. The number of pyridine rings is 1. The average molecular weight is 333 g/mol. The second-order valence-corrected chi connectivity index (χ2v) is 8.31. The number of fused-ring (bicyclic) bond motifs is 1. The Labute approximate surface area is 122 Å². The lowest BCUT2D eigenvalue weighted by Crippen LogP contribution is -2.30. The van der Waals surface area contributed by atoms with Crippen molar-refractivity contribution in [3.05, 3.63) is 24.4 Å². The number of sulfonamides is 1. The van der Waals surface area contributed by atoms with Crippen LogP contribution in [0.4, 0.5) is 5.82 Å². The number of nitrogens with zero attached hydrogens (tertiary/aromatic N) is 2. The van der Waals surface area contributed by atoms with Crippen molar-refractivity contribution in [3.63, 3.8) is 0 Å². The van der Waals surface area contributed by atoms with Gasteiger partial charge in [0.25, 0.3) is 10.0 Å². The van der Waals surface area contributed by atoms with Crippen molar-refractivity contribution in [2.45, 2.75) is 5.03 Å². The molecule has 2 aromatic heterocycles. The number of rotatable bonds is 6. The zero-order valence-electron chi connectivity index (χ0n) is 11.1. The Bertz CT molecular complexity index is 857. The zero-order valence-corrected chi connectivity index (χ0v) is 12.8. The Balaban J connectivity index is 2.40. The van der Waals surface area contributed by atoms with Crippen LogP contribution in [0.1, 0.15) is 0 Å². The smallest absolute Gasteiger partial charge is 0.260 e. The number of aromatic nitrogens is 2. The second kappa shape index (κ2) is 5.60. The van der Waals surface area contributed by atoms with Crippen molar-refractivity contribution in [2.75, 3.05) is 24.0 Å². The largest absolute Gasteiger partial charge is 0.306 e. The summed E-state index contributed by atoms with van der Waals surface area (Å²) in [5, 5.41) is -0.172. The highest BCUT2D eigenvalue weighted by Gasteiger charge is 2.24. The summed E-state index contributed by atoms with van der Waals surface area (Å²) < 4.78 is 50.3. The number of anilines is 1. The molecule has 0 spiro atoms. The molecule has 116 valence electrons. The summed E-state index contributed by atoms with van der Waals surface area (Å²) in [5.74, 6) is 4.98. The van der Waals surface area contributed by atoms with Crippen molar-refractivity contribution < 1.29 is 16.8 Å². The minimum absolute atomic E-state index is 0.0203. The average Bonchev–Trinajstić information content (AvgIpc) is 2.75. The first-order chi connectivity index (χ1) is 9.74. The summed E-state index contributed by atoms with van der Waals surface area (Å²) in [4.78, 5) is 4.04. The first-order valence-electron chi connectivity index (χ1n) is 5.86. The van der Waals surface area contributed by atoms with E-state index < -0.39 is 19.9 Å². The Morgan fingerprint density at radius 2 is 2.00 bits per heavy atom. The molecule has 0 unspecified atom stereocenters. The lowest BCUT2D eigenvalue weighted by Gasteiger charge is -2.07. The number of nitrogens with one attached hydrogen (secondary N) is 2. The van der Waals surface area contributed by atoms with Gasteiger partial charge in [0.1, 0.15) is 15.5 Å². The highest BCUT2D eigenvalue weighted by molar-refractivity contribution is 7.91. The molecule has 2 rings (SSSR count). The summed E-state index contributed by atoms with van der Waals surface area (Å²) in [6, 6.07) is 4.97. The highest BCUT2D eigenvalue weighted by Crippen LogP contribution is 2.21. The standard InChI is InChI=1S/C10H15N5O4S2/c1-20(16,17)7-5-12-21(18,19)10-9(14-11)13-8-4-2-3-6-15(8)10/h2-4,6,12,14H,5,7,11H2,1H3. The zero-order chi connectivity index (χ0) is 15.7. The molecule has 21 heavy (non-hydrogen) atoms. The second-order valence-electron chi connectivity index (χ2n) is 4.37. The van der Waals surface area contributed by atoms with Crippen molar-refractivity contribution in [1.29, 1.82) is 0 Å². The number of hydrogen-bond donors (Lipinski definition) is 3. The van der Waals surface area contributed by atoms with E-state index >= 15 is 0 Å². The summed E-state index contributed by atoms with van der Waals surface area (Å²) in [6.07, 6.45) is 2.55. The number of sulfone groups is 1. The molecule has 0 saturated carbocycles. The molecule has 11 heteroatoms. The molecular formula is C10H15N5O4S2. The number of hydrogen-bond acceptors (Lipinski definition) is 7. The van der Waals surface area contributed by atoms with Crippen LogP contribution < -0.4 is 16.0 Å². The van der Waals surface area contributed by atoms with Crippen molar-refractivity contribution >= 4 is 31.3 Å². The van der Waals surface area contributed by atoms with E-state index in [4.69, 9.17) is 5.84 Å². The van der Waals surface area contributed by atoms with Gasteiger partial charge in [-0.15, -0.1) is 0 Å². The Kier molecular flexibility index (Phi) is 4.18. The van der Waals surface area contributed by atoms with Gasteiger partial charge >= 0.3 is 0 Å². The molecule has 2 heterocycles. The molecule has 0 bridgehead atoms. The van der Waals surface area contributed by atoms with E-state index in [1.807, 2.05) is 0 Å². The lowest BCUT2D eigenvalue weighted by molar-refractivity contribution is 0.577. The van der Waals surface area contributed by atoms with Gasteiger partial charge in [-0.25, -0.2) is 32.4 Å². The summed E-state index contributed by atoms with van der Waals surface area (Å²) in [5.41, 5.74) is 2.63. The molecule has 0 saturated heterocycles. The topological polar surface area (TPSA) is 136 Å². The first-order valence-corrected chi connectivity index (χ1v) is 9.40. The van der Waals surface area contributed by atoms with E-state index in [1.54, 1.807) is 18.2 Å². The van der Waals surface area contributed by atoms with E-state index in [0.29, 0.717) is 5.65 Å². The molecule has 0 aliphatic heterocycles. The van der Waals surface area contributed by atoms with Gasteiger partial charge in [-0.3, -0.25) is 4.40 Å². The SMILES string of the molecule is CS(=O)(=O)CCNS(=O)(=O)c1c(NN)nc2ccccn12. The van der Waals surface area contributed by atoms with Gasteiger partial charge in [0, 0.05) is 19.0 Å². The van der Waals surface area contributed by atoms with Crippen molar-refractivity contribution in [2.24, 2.45) is 5.84 Å². The van der Waals surface area contributed by atoms with E-state index in [2.05, 4.69) is 15.1 Å². The maximum absolute atomic E-state index is 12.3. The molecular weight excluding hydrogens is 318 g/mol. The first kappa shape index (κ1) is 15.7. The van der Waals surface area contributed by atoms with Crippen LogP contribution in [0.2, 0.25) is 0 Å². The lowest BCUT2D eigenvalue weighted by atomic mass is 10.5. The van der Waals surface area contributed by atoms with Crippen LogP contribution in [0.5, 0.6) is 0 Å². The molecule has 0 atom stereocenters. The molecule has 0 aliphatic carbocycles. The van der Waals surface area contributed by atoms with Gasteiger partial charge in [0.15, 0.2) is 10.8 Å². The number of imidazole rings is 1. The predicted octanol–water partition coefficient (Wildman–Crippen LogP) is -1.06. The Morgan fingerprint density at radius 3 is 2.62 bits per heavy atom. The van der Waals surface area contributed by atoms with E-state index in [1.165, 1.54) is 10.6 Å². The van der Waals surface area contributed by atoms with Gasteiger partial charge in [0.2, 0.25) is 0 Å². The van der Waals surface area contributed by atoms with E-state index in [-0.39, 0.29) is 23.1 Å². The number of hydrazine groups is 1. The van der Waals surface area contributed by atoms with Crippen LogP contribution in [0.15, 0.2) is 29.4 Å². The molecule has 0 amide bonds. The third-order valence-electron chi connectivity index (χ3n) is 2.64. The molecule has 9 nitrogen and oxygen atoms in total. The third kappa shape index (κ3) is 3.50. The highest BCUT2D eigenvalue weighted by atomic mass is 32.2. The Hall–Kier alpha value is -1.69. The minimum Gasteiger partial charge on any atom is -0.306 e. The van der Waals surface area contributed by atoms with Crippen LogP contribution in [0.3, 0.4) is 0 Å². The molecule has 2 aromatic rings. The van der Waals surface area contributed by atoms with Gasteiger partial charge in [-0.05, 0) is 12.1 Å².